The molecule has 0 fully saturated rings. The highest BCUT2D eigenvalue weighted by Gasteiger charge is 2.20. The van der Waals surface area contributed by atoms with Crippen molar-refractivity contribution >= 4 is 65.9 Å². The Morgan fingerprint density at radius 2 is 0.935 bits per heavy atom. The van der Waals surface area contributed by atoms with Crippen molar-refractivity contribution in [1.29, 1.82) is 0 Å². The molecule has 0 aliphatic carbocycles. The molecular formula is C40H28Br2N2O2. The monoisotopic (exact) mass is 726 g/mol. The van der Waals surface area contributed by atoms with Gasteiger partial charge in [-0.05, 0) is 114 Å². The van der Waals surface area contributed by atoms with Crippen LogP contribution in [-0.2, 0) is 4.74 Å². The molecule has 7 rings (SSSR count). The first kappa shape index (κ1) is 29.8. The number of nitrogens with zero attached hydrogens (tertiary/aromatic N) is 2. The molecule has 0 unspecified atom stereocenters. The Kier molecular flexibility index (Phi) is 8.31. The van der Waals surface area contributed by atoms with Crippen LogP contribution in [-0.4, -0.2) is 17.8 Å². The fourth-order valence-corrected chi connectivity index (χ4v) is 6.83. The number of rotatable bonds is 6. The topological polar surface area (TPSA) is 34.5 Å². The highest BCUT2D eigenvalue weighted by molar-refractivity contribution is 9.13. The van der Waals surface area contributed by atoms with Gasteiger partial charge in [0.25, 0.3) is 0 Å². The molecule has 0 bridgehead atoms. The van der Waals surface area contributed by atoms with E-state index < -0.39 is 6.09 Å². The molecule has 0 radical (unpaired) electrons. The second kappa shape index (κ2) is 12.8. The zero-order chi connectivity index (χ0) is 31.6. The summed E-state index contributed by atoms with van der Waals surface area (Å²) in [5.41, 5.74) is 10.8. The van der Waals surface area contributed by atoms with E-state index in [1.807, 2.05) is 24.3 Å². The second-order valence-corrected chi connectivity index (χ2v) is 12.4. The number of carbonyl (C=O) groups excluding carboxylic acids is 1. The Morgan fingerprint density at radius 3 is 1.37 bits per heavy atom. The Hall–Kier alpha value is -4.91. The summed E-state index contributed by atoms with van der Waals surface area (Å²) < 4.78 is 7.92. The lowest BCUT2D eigenvalue weighted by molar-refractivity contribution is 0.173. The van der Waals surface area contributed by atoms with Crippen LogP contribution in [0.3, 0.4) is 0 Å². The summed E-state index contributed by atoms with van der Waals surface area (Å²) in [5, 5.41) is 0.914. The number of methoxy groups -OCH3 is 1. The van der Waals surface area contributed by atoms with Gasteiger partial charge < -0.3 is 9.64 Å². The van der Waals surface area contributed by atoms with Crippen LogP contribution in [0, 0.1) is 0 Å². The molecule has 1 heterocycles. The standard InChI is InChI=1S/C40H28Br2N2O2/c1-46-40(45)44-37-25-18-32(26-36(37)38(41)39(44)42)31-16-23-35(24-17-31)43(33-19-12-29(13-20-33)27-8-4-2-5-9-27)34-21-14-30(15-22-34)28-10-6-3-7-11-28/h2-26H,1H3. The summed E-state index contributed by atoms with van der Waals surface area (Å²) in [7, 11) is 1.38. The van der Waals surface area contributed by atoms with E-state index >= 15 is 0 Å². The van der Waals surface area contributed by atoms with Gasteiger partial charge in [0.1, 0.15) is 4.60 Å². The third-order valence-electron chi connectivity index (χ3n) is 8.13. The molecule has 0 N–H and O–H groups in total. The van der Waals surface area contributed by atoms with Gasteiger partial charge in [0, 0.05) is 22.4 Å². The normalized spacial score (nSPS) is 11.0. The van der Waals surface area contributed by atoms with Gasteiger partial charge in [-0.1, -0.05) is 103 Å². The van der Waals surface area contributed by atoms with Crippen molar-refractivity contribution in [1.82, 2.24) is 4.57 Å². The number of hydrogen-bond acceptors (Lipinski definition) is 3. The molecule has 6 aromatic carbocycles. The first-order valence-corrected chi connectivity index (χ1v) is 16.4. The van der Waals surface area contributed by atoms with Crippen molar-refractivity contribution in [3.8, 4) is 33.4 Å². The van der Waals surface area contributed by atoms with Crippen LogP contribution in [0.4, 0.5) is 21.9 Å². The molecule has 7 aromatic rings. The van der Waals surface area contributed by atoms with Crippen LogP contribution >= 0.6 is 31.9 Å². The smallest absolute Gasteiger partial charge is 0.419 e. The molecule has 0 atom stereocenters. The van der Waals surface area contributed by atoms with Gasteiger partial charge in [0.15, 0.2) is 0 Å². The van der Waals surface area contributed by atoms with Crippen LogP contribution in [0.25, 0.3) is 44.3 Å². The van der Waals surface area contributed by atoms with Gasteiger partial charge in [0.2, 0.25) is 0 Å². The lowest BCUT2D eigenvalue weighted by atomic mass is 10.0. The van der Waals surface area contributed by atoms with Gasteiger partial charge in [-0.15, -0.1) is 0 Å². The number of fused-ring (bicyclic) bond motifs is 1. The Balaban J connectivity index is 1.26. The van der Waals surface area contributed by atoms with Crippen molar-refractivity contribution in [3.63, 3.8) is 0 Å². The van der Waals surface area contributed by atoms with Crippen LogP contribution in [0.5, 0.6) is 0 Å². The molecule has 0 aliphatic rings. The maximum Gasteiger partial charge on any atom is 0.419 e. The number of aromatic nitrogens is 1. The number of halogens is 2. The van der Waals surface area contributed by atoms with Crippen molar-refractivity contribution < 1.29 is 9.53 Å². The van der Waals surface area contributed by atoms with E-state index in [-0.39, 0.29) is 0 Å². The van der Waals surface area contributed by atoms with E-state index in [1.54, 1.807) is 0 Å². The zero-order valence-electron chi connectivity index (χ0n) is 24.9. The van der Waals surface area contributed by atoms with E-state index in [9.17, 15) is 4.79 Å². The third-order valence-corrected chi connectivity index (χ3v) is 10.2. The number of hydrogen-bond donors (Lipinski definition) is 0. The summed E-state index contributed by atoms with van der Waals surface area (Å²) in [6.07, 6.45) is -0.451. The van der Waals surface area contributed by atoms with Crippen LogP contribution in [0.15, 0.2) is 161 Å². The Bertz CT molecular complexity index is 2060. The zero-order valence-corrected chi connectivity index (χ0v) is 28.1. The minimum Gasteiger partial charge on any atom is -0.452 e. The summed E-state index contributed by atoms with van der Waals surface area (Å²) in [6, 6.07) is 52.9. The largest absolute Gasteiger partial charge is 0.452 e. The van der Waals surface area contributed by atoms with Gasteiger partial charge in [-0.2, -0.15) is 0 Å². The number of anilines is 3. The maximum atomic E-state index is 12.4. The predicted molar refractivity (Wildman–Crippen MR) is 196 cm³/mol. The molecule has 46 heavy (non-hydrogen) atoms. The summed E-state index contributed by atoms with van der Waals surface area (Å²) in [6.45, 7) is 0. The first-order chi connectivity index (χ1) is 22.5. The molecule has 0 amide bonds. The van der Waals surface area contributed by atoms with E-state index in [0.717, 1.165) is 43.6 Å². The van der Waals surface area contributed by atoms with Crippen LogP contribution in [0.1, 0.15) is 0 Å². The Labute approximate surface area is 284 Å². The molecule has 0 saturated carbocycles. The Morgan fingerprint density at radius 1 is 0.543 bits per heavy atom. The minimum atomic E-state index is -0.451. The molecular weight excluding hydrogens is 700 g/mol. The third kappa shape index (κ3) is 5.66. The maximum absolute atomic E-state index is 12.4. The highest BCUT2D eigenvalue weighted by Crippen LogP contribution is 2.40. The second-order valence-electron chi connectivity index (χ2n) is 10.9. The van der Waals surface area contributed by atoms with Crippen LogP contribution < -0.4 is 4.90 Å². The SMILES string of the molecule is COC(=O)n1c(Br)c(Br)c2cc(-c3ccc(N(c4ccc(-c5ccccc5)cc4)c4ccc(-c5ccccc5)cc4)cc3)ccc21. The van der Waals surface area contributed by atoms with Gasteiger partial charge in [-0.25, -0.2) is 9.36 Å². The summed E-state index contributed by atoms with van der Waals surface area (Å²) in [5.74, 6) is 0. The van der Waals surface area contributed by atoms with Gasteiger partial charge in [-0.3, -0.25) is 0 Å². The van der Waals surface area contributed by atoms with Crippen molar-refractivity contribution in [2.24, 2.45) is 0 Å². The summed E-state index contributed by atoms with van der Waals surface area (Å²) in [4.78, 5) is 14.7. The fraction of sp³-hybridized carbons (Fsp3) is 0.0250. The number of ether oxygens (including phenoxy) is 1. The number of carbonyl (C=O) groups is 1. The minimum absolute atomic E-state index is 0.451. The van der Waals surface area contributed by atoms with E-state index in [0.29, 0.717) is 4.60 Å². The highest BCUT2D eigenvalue weighted by atomic mass is 79.9. The summed E-state index contributed by atoms with van der Waals surface area (Å²) >= 11 is 7.18. The predicted octanol–water partition coefficient (Wildman–Crippen LogP) is 12.3. The number of benzene rings is 6. The lowest BCUT2D eigenvalue weighted by Gasteiger charge is -2.26. The molecule has 4 nitrogen and oxygen atoms in total. The average molecular weight is 728 g/mol. The van der Waals surface area contributed by atoms with Gasteiger partial charge in [0.05, 0.1) is 17.1 Å². The van der Waals surface area contributed by atoms with Gasteiger partial charge >= 0.3 is 6.09 Å². The molecule has 224 valence electrons. The van der Waals surface area contributed by atoms with Crippen LogP contribution in [0.2, 0.25) is 0 Å². The fourth-order valence-electron chi connectivity index (χ4n) is 5.79. The quantitative estimate of drug-likeness (QED) is 0.171. The van der Waals surface area contributed by atoms with Crippen molar-refractivity contribution in [2.45, 2.75) is 0 Å². The van der Waals surface area contributed by atoms with Crippen molar-refractivity contribution in [3.05, 3.63) is 161 Å². The first-order valence-electron chi connectivity index (χ1n) is 14.8. The lowest BCUT2D eigenvalue weighted by Crippen LogP contribution is -2.11. The average Bonchev–Trinajstić information content (AvgIpc) is 3.38. The molecule has 6 heteroatoms. The molecule has 0 spiro atoms. The molecule has 1 aromatic heterocycles. The van der Waals surface area contributed by atoms with Crippen molar-refractivity contribution in [2.75, 3.05) is 12.0 Å². The molecule has 0 saturated heterocycles. The van der Waals surface area contributed by atoms with E-state index in [1.165, 1.54) is 33.9 Å². The molecule has 0 aliphatic heterocycles. The van der Waals surface area contributed by atoms with E-state index in [2.05, 4.69) is 164 Å². The van der Waals surface area contributed by atoms with E-state index in [4.69, 9.17) is 4.74 Å².